The largest absolute Gasteiger partial charge is 0.354 e. The van der Waals surface area contributed by atoms with Crippen LogP contribution in [0.15, 0.2) is 27.3 Å². The van der Waals surface area contributed by atoms with Gasteiger partial charge in [-0.1, -0.05) is 26.7 Å². The van der Waals surface area contributed by atoms with E-state index in [2.05, 4.69) is 25.7 Å². The van der Waals surface area contributed by atoms with Crippen LogP contribution in [0.5, 0.6) is 0 Å². The van der Waals surface area contributed by atoms with Crippen molar-refractivity contribution in [2.24, 2.45) is 5.92 Å². The topological polar surface area (TPSA) is 185 Å². The van der Waals surface area contributed by atoms with Crippen molar-refractivity contribution >= 4 is 50.6 Å². The summed E-state index contributed by atoms with van der Waals surface area (Å²) < 4.78 is 29.4. The van der Waals surface area contributed by atoms with Crippen molar-refractivity contribution < 1.29 is 27.6 Å². The smallest absolute Gasteiger partial charge is 0.287 e. The molecular weight excluding hydrogens is 560 g/mol. The lowest BCUT2D eigenvalue weighted by molar-refractivity contribution is -0.137. The van der Waals surface area contributed by atoms with E-state index in [1.54, 1.807) is 6.92 Å². The summed E-state index contributed by atoms with van der Waals surface area (Å²) in [5.74, 6) is -2.69. The van der Waals surface area contributed by atoms with Gasteiger partial charge in [-0.2, -0.15) is 4.72 Å². The number of carbonyl (C=O) groups is 4. The normalized spacial score (nSPS) is 12.2. The van der Waals surface area contributed by atoms with Gasteiger partial charge in [0.25, 0.3) is 21.5 Å². The van der Waals surface area contributed by atoms with E-state index in [0.29, 0.717) is 17.5 Å². The molecule has 0 aliphatic heterocycles. The van der Waals surface area contributed by atoms with Crippen molar-refractivity contribution in [1.82, 2.24) is 24.9 Å². The molecule has 2 aromatic rings. The first-order valence-electron chi connectivity index (χ1n) is 12.8. The number of pyridine rings is 1. The Labute approximate surface area is 237 Å². The van der Waals surface area contributed by atoms with Gasteiger partial charge in [-0.3, -0.25) is 24.0 Å². The minimum Gasteiger partial charge on any atom is -0.354 e. The third-order valence-electron chi connectivity index (χ3n) is 6.19. The molecule has 0 unspecified atom stereocenters. The summed E-state index contributed by atoms with van der Waals surface area (Å²) in [5.41, 5.74) is -0.624. The number of rotatable bonds is 15. The fourth-order valence-corrected chi connectivity index (χ4v) is 6.53. The van der Waals surface area contributed by atoms with Crippen molar-refractivity contribution in [2.75, 3.05) is 18.9 Å². The van der Waals surface area contributed by atoms with E-state index in [0.717, 1.165) is 28.7 Å². The lowest BCUT2D eigenvalue weighted by atomic mass is 10.0. The standard InChI is InChI=1S/C25H36N6O7S2/c1-6-17(7-2)13-27-21(33)14-31-12-8-9-19(24(31)36)29-22(34)18(10-11-20(32)23(35)26-5)30-40(37,38)25-15(3)28-16(4)39-25/h8-9,12,17-18,30H,6-7,10-11,13-14H2,1-5H3,(H,26,35)(H,27,33)(H,29,34)/t18-/m0/s1. The molecule has 0 radical (unpaired) electrons. The number of nitrogens with one attached hydrogen (secondary N) is 4. The number of aromatic nitrogens is 2. The number of Topliss-reactive ketones (excluding diaryl/α,β-unsaturated/α-hetero) is 1. The van der Waals surface area contributed by atoms with Crippen LogP contribution >= 0.6 is 11.3 Å². The second-order valence-corrected chi connectivity index (χ2v) is 12.3. The van der Waals surface area contributed by atoms with Crippen LogP contribution in [0.4, 0.5) is 5.69 Å². The van der Waals surface area contributed by atoms with Crippen LogP contribution in [0.1, 0.15) is 50.2 Å². The monoisotopic (exact) mass is 596 g/mol. The van der Waals surface area contributed by atoms with E-state index < -0.39 is 45.6 Å². The average Bonchev–Trinajstić information content (AvgIpc) is 3.27. The highest BCUT2D eigenvalue weighted by atomic mass is 32.2. The molecule has 0 saturated heterocycles. The fraction of sp³-hybridized carbons (Fsp3) is 0.520. The highest BCUT2D eigenvalue weighted by Crippen LogP contribution is 2.23. The number of likely N-dealkylation sites (N-methyl/N-ethyl adjacent to an activating group) is 1. The minimum atomic E-state index is -4.24. The maximum Gasteiger partial charge on any atom is 0.287 e. The zero-order valence-corrected chi connectivity index (χ0v) is 24.8. The van der Waals surface area contributed by atoms with Gasteiger partial charge >= 0.3 is 0 Å². The summed E-state index contributed by atoms with van der Waals surface area (Å²) >= 11 is 0.915. The van der Waals surface area contributed by atoms with Crippen molar-refractivity contribution in [3.63, 3.8) is 0 Å². The predicted molar refractivity (Wildman–Crippen MR) is 150 cm³/mol. The molecule has 0 spiro atoms. The number of carbonyl (C=O) groups excluding carboxylic acids is 4. The first kappa shape index (κ1) is 32.8. The molecule has 0 aliphatic rings. The molecule has 15 heteroatoms. The summed E-state index contributed by atoms with van der Waals surface area (Å²) in [5, 5.41) is 7.88. The maximum absolute atomic E-state index is 13.2. The predicted octanol–water partition coefficient (Wildman–Crippen LogP) is 0.855. The van der Waals surface area contributed by atoms with Gasteiger partial charge in [0.2, 0.25) is 17.6 Å². The number of sulfonamides is 1. The number of nitrogens with zero attached hydrogens (tertiary/aromatic N) is 2. The molecule has 0 aliphatic carbocycles. The number of hydrogen-bond acceptors (Lipinski definition) is 9. The quantitative estimate of drug-likeness (QED) is 0.218. The highest BCUT2D eigenvalue weighted by Gasteiger charge is 2.30. The van der Waals surface area contributed by atoms with E-state index in [-0.39, 0.29) is 34.5 Å². The Morgan fingerprint density at radius 1 is 1.12 bits per heavy atom. The van der Waals surface area contributed by atoms with Gasteiger partial charge in [-0.15, -0.1) is 11.3 Å². The van der Waals surface area contributed by atoms with Crippen LogP contribution in [-0.2, 0) is 35.7 Å². The van der Waals surface area contributed by atoms with Crippen molar-refractivity contribution in [2.45, 2.75) is 70.2 Å². The molecule has 2 heterocycles. The number of hydrogen-bond donors (Lipinski definition) is 4. The molecule has 0 aromatic carbocycles. The maximum atomic E-state index is 13.2. The zero-order chi connectivity index (χ0) is 30.0. The zero-order valence-electron chi connectivity index (χ0n) is 23.2. The van der Waals surface area contributed by atoms with Gasteiger partial charge in [0.15, 0.2) is 4.21 Å². The number of amides is 3. The number of ketones is 1. The van der Waals surface area contributed by atoms with Gasteiger partial charge in [-0.05, 0) is 38.3 Å². The van der Waals surface area contributed by atoms with Crippen molar-refractivity contribution in [3.05, 3.63) is 39.4 Å². The number of aryl methyl sites for hydroxylation is 2. The number of anilines is 1. The van der Waals surface area contributed by atoms with Crippen molar-refractivity contribution in [1.29, 1.82) is 0 Å². The molecule has 4 N–H and O–H groups in total. The van der Waals surface area contributed by atoms with E-state index in [4.69, 9.17) is 0 Å². The third-order valence-corrected chi connectivity index (χ3v) is 9.35. The van der Waals surface area contributed by atoms with Crippen molar-refractivity contribution in [3.8, 4) is 0 Å². The SMILES string of the molecule is CCC(CC)CNC(=O)Cn1cccc(NC(=O)[C@H](CCC(=O)C(=O)NC)NS(=O)(=O)c2sc(C)nc2C)c1=O. The highest BCUT2D eigenvalue weighted by molar-refractivity contribution is 7.91. The molecule has 0 saturated carbocycles. The Kier molecular flexibility index (Phi) is 12.1. The molecule has 2 rings (SSSR count). The molecule has 2 aromatic heterocycles. The molecule has 1 atom stereocenters. The van der Waals surface area contributed by atoms with E-state index in [1.165, 1.54) is 32.3 Å². The van der Waals surface area contributed by atoms with Crippen LogP contribution in [0.25, 0.3) is 0 Å². The number of thiazole rings is 1. The summed E-state index contributed by atoms with van der Waals surface area (Å²) in [6.45, 7) is 7.40. The van der Waals surface area contributed by atoms with Gasteiger partial charge in [-0.25, -0.2) is 13.4 Å². The lowest BCUT2D eigenvalue weighted by Gasteiger charge is -2.18. The van der Waals surface area contributed by atoms with Crippen LogP contribution < -0.4 is 26.2 Å². The summed E-state index contributed by atoms with van der Waals surface area (Å²) in [7, 11) is -2.96. The van der Waals surface area contributed by atoms with Crippen LogP contribution in [-0.4, -0.2) is 61.1 Å². The second-order valence-electron chi connectivity index (χ2n) is 9.15. The first-order chi connectivity index (χ1) is 18.8. The van der Waals surface area contributed by atoms with Gasteiger partial charge < -0.3 is 20.5 Å². The molecular formula is C25H36N6O7S2. The summed E-state index contributed by atoms with van der Waals surface area (Å²) in [4.78, 5) is 66.4. The summed E-state index contributed by atoms with van der Waals surface area (Å²) in [6, 6.07) is 1.27. The Bertz CT molecular complexity index is 1400. The fourth-order valence-electron chi connectivity index (χ4n) is 3.80. The second kappa shape index (κ2) is 14.8. The van der Waals surface area contributed by atoms with E-state index in [1.807, 2.05) is 13.8 Å². The van der Waals surface area contributed by atoms with Crippen LogP contribution in [0, 0.1) is 19.8 Å². The lowest BCUT2D eigenvalue weighted by Crippen LogP contribution is -2.45. The molecule has 3 amide bonds. The Morgan fingerprint density at radius 2 is 1.80 bits per heavy atom. The van der Waals surface area contributed by atoms with E-state index >= 15 is 0 Å². The van der Waals surface area contributed by atoms with Gasteiger partial charge in [0, 0.05) is 26.2 Å². The van der Waals surface area contributed by atoms with Crippen LogP contribution in [0.2, 0.25) is 0 Å². The first-order valence-corrected chi connectivity index (χ1v) is 15.1. The van der Waals surface area contributed by atoms with Crippen LogP contribution in [0.3, 0.4) is 0 Å². The molecule has 0 bridgehead atoms. The molecule has 0 fully saturated rings. The summed E-state index contributed by atoms with van der Waals surface area (Å²) in [6.07, 6.45) is 2.41. The molecule has 13 nitrogen and oxygen atoms in total. The van der Waals surface area contributed by atoms with E-state index in [9.17, 15) is 32.4 Å². The molecule has 220 valence electrons. The minimum absolute atomic E-state index is 0.0955. The average molecular weight is 597 g/mol. The van der Waals surface area contributed by atoms with Gasteiger partial charge in [0.05, 0.1) is 10.7 Å². The Morgan fingerprint density at radius 3 is 2.38 bits per heavy atom. The Balaban J connectivity index is 2.25. The van der Waals surface area contributed by atoms with Gasteiger partial charge in [0.1, 0.15) is 18.3 Å². The third kappa shape index (κ3) is 9.06. The molecule has 40 heavy (non-hydrogen) atoms. The Hall–Kier alpha value is -3.43.